The molecule has 148 valence electrons. The molecular weight excluding hydrogens is 371 g/mol. The number of hydrogen-bond acceptors (Lipinski definition) is 4. The number of carbonyl (C=O) groups is 1. The molecule has 3 aromatic rings. The maximum atomic E-state index is 13.3. The zero-order valence-electron chi connectivity index (χ0n) is 15.9. The predicted molar refractivity (Wildman–Crippen MR) is 110 cm³/mol. The van der Waals surface area contributed by atoms with E-state index < -0.39 is 5.91 Å². The molecule has 0 aliphatic heterocycles. The molecule has 6 nitrogen and oxygen atoms in total. The van der Waals surface area contributed by atoms with Crippen molar-refractivity contribution in [2.45, 2.75) is 38.6 Å². The lowest BCUT2D eigenvalue weighted by Gasteiger charge is -2.13. The molecule has 1 saturated carbocycles. The number of amides is 1. The van der Waals surface area contributed by atoms with Gasteiger partial charge in [0, 0.05) is 16.7 Å². The molecule has 1 aromatic heterocycles. The number of nitrogens with one attached hydrogen (secondary N) is 1. The minimum atomic E-state index is -0.405. The SMILES string of the molecule is O=C(Cn1nc(-c2ccc(F)cc2)c2ccccc2c1=O)NN=C1CCCCC1. The van der Waals surface area contributed by atoms with Crippen molar-refractivity contribution >= 4 is 22.4 Å². The summed E-state index contributed by atoms with van der Waals surface area (Å²) >= 11 is 0. The lowest BCUT2D eigenvalue weighted by Crippen LogP contribution is -2.32. The van der Waals surface area contributed by atoms with Crippen molar-refractivity contribution in [2.75, 3.05) is 0 Å². The molecule has 0 radical (unpaired) electrons. The Balaban J connectivity index is 1.67. The molecule has 0 spiro atoms. The standard InChI is InChI=1S/C22H21FN4O2/c23-16-12-10-15(11-13-16)21-18-8-4-5-9-19(18)22(29)27(26-21)14-20(28)25-24-17-6-2-1-3-7-17/h4-5,8-13H,1-3,6-7,14H2,(H,25,28). The van der Waals surface area contributed by atoms with Crippen LogP contribution in [0.2, 0.25) is 0 Å². The van der Waals surface area contributed by atoms with Crippen LogP contribution in [0, 0.1) is 5.82 Å². The second-order valence-corrected chi connectivity index (χ2v) is 7.14. The molecule has 1 aliphatic carbocycles. The number of nitrogens with zero attached hydrogens (tertiary/aromatic N) is 3. The third kappa shape index (κ3) is 4.23. The monoisotopic (exact) mass is 392 g/mol. The summed E-state index contributed by atoms with van der Waals surface area (Å²) in [4.78, 5) is 25.2. The summed E-state index contributed by atoms with van der Waals surface area (Å²) in [6.07, 6.45) is 5.14. The van der Waals surface area contributed by atoms with Gasteiger partial charge in [-0.1, -0.05) is 24.6 Å². The first-order valence-electron chi connectivity index (χ1n) is 9.72. The van der Waals surface area contributed by atoms with Crippen LogP contribution in [0.4, 0.5) is 4.39 Å². The largest absolute Gasteiger partial charge is 0.275 e. The first kappa shape index (κ1) is 19.0. The fourth-order valence-electron chi connectivity index (χ4n) is 3.55. The van der Waals surface area contributed by atoms with Gasteiger partial charge in [0.05, 0.1) is 11.1 Å². The quantitative estimate of drug-likeness (QED) is 0.689. The smallest absolute Gasteiger partial charge is 0.271 e. The van der Waals surface area contributed by atoms with Gasteiger partial charge in [-0.2, -0.15) is 10.2 Å². The summed E-state index contributed by atoms with van der Waals surface area (Å²) in [6, 6.07) is 13.0. The summed E-state index contributed by atoms with van der Waals surface area (Å²) in [6.45, 7) is -0.241. The van der Waals surface area contributed by atoms with Crippen LogP contribution in [0.3, 0.4) is 0 Å². The molecule has 1 N–H and O–H groups in total. The van der Waals surface area contributed by atoms with Crippen molar-refractivity contribution in [3.05, 3.63) is 64.7 Å². The highest BCUT2D eigenvalue weighted by atomic mass is 19.1. The number of fused-ring (bicyclic) bond motifs is 1. The van der Waals surface area contributed by atoms with Crippen molar-refractivity contribution < 1.29 is 9.18 Å². The third-order valence-electron chi connectivity index (χ3n) is 5.05. The highest BCUT2D eigenvalue weighted by molar-refractivity contribution is 5.94. The number of benzene rings is 2. The summed E-state index contributed by atoms with van der Waals surface area (Å²) in [5.41, 5.74) is 4.36. The van der Waals surface area contributed by atoms with E-state index in [0.29, 0.717) is 22.0 Å². The number of halogens is 1. The summed E-state index contributed by atoms with van der Waals surface area (Å²) in [7, 11) is 0. The highest BCUT2D eigenvalue weighted by Gasteiger charge is 2.14. The van der Waals surface area contributed by atoms with Gasteiger partial charge in [-0.05, 0) is 56.0 Å². The molecule has 1 aliphatic rings. The average molecular weight is 392 g/mol. The van der Waals surface area contributed by atoms with Crippen molar-refractivity contribution in [1.82, 2.24) is 15.2 Å². The van der Waals surface area contributed by atoms with Gasteiger partial charge in [-0.3, -0.25) is 9.59 Å². The highest BCUT2D eigenvalue weighted by Crippen LogP contribution is 2.24. The zero-order valence-corrected chi connectivity index (χ0v) is 15.9. The molecule has 4 rings (SSSR count). The Kier molecular flexibility index (Phi) is 5.46. The van der Waals surface area contributed by atoms with E-state index in [-0.39, 0.29) is 17.9 Å². The minimum Gasteiger partial charge on any atom is -0.271 e. The molecule has 2 aromatic carbocycles. The van der Waals surface area contributed by atoms with Crippen LogP contribution >= 0.6 is 0 Å². The number of carbonyl (C=O) groups excluding carboxylic acids is 1. The van der Waals surface area contributed by atoms with Crippen LogP contribution in [-0.2, 0) is 11.3 Å². The molecule has 7 heteroatoms. The number of rotatable bonds is 4. The second kappa shape index (κ2) is 8.34. The minimum absolute atomic E-state index is 0.241. The molecule has 29 heavy (non-hydrogen) atoms. The Bertz CT molecular complexity index is 1130. The van der Waals surface area contributed by atoms with Gasteiger partial charge >= 0.3 is 0 Å². The van der Waals surface area contributed by atoms with Gasteiger partial charge < -0.3 is 0 Å². The van der Waals surface area contributed by atoms with Crippen LogP contribution < -0.4 is 11.0 Å². The van der Waals surface area contributed by atoms with Gasteiger partial charge in [-0.15, -0.1) is 0 Å². The average Bonchev–Trinajstić information content (AvgIpc) is 2.76. The van der Waals surface area contributed by atoms with E-state index in [1.165, 1.54) is 18.6 Å². The maximum Gasteiger partial charge on any atom is 0.275 e. The van der Waals surface area contributed by atoms with Gasteiger partial charge in [0.2, 0.25) is 0 Å². The Labute approximate surface area is 167 Å². The van der Waals surface area contributed by atoms with Crippen LogP contribution in [0.15, 0.2) is 58.4 Å². The third-order valence-corrected chi connectivity index (χ3v) is 5.05. The van der Waals surface area contributed by atoms with Gasteiger partial charge in [0.1, 0.15) is 12.4 Å². The summed E-state index contributed by atoms with van der Waals surface area (Å²) in [5, 5.41) is 9.71. The number of hydrazone groups is 1. The normalized spacial score (nSPS) is 14.0. The van der Waals surface area contributed by atoms with Gasteiger partial charge in [-0.25, -0.2) is 14.5 Å². The summed E-state index contributed by atoms with van der Waals surface area (Å²) in [5.74, 6) is -0.759. The van der Waals surface area contributed by atoms with Crippen molar-refractivity contribution in [3.8, 4) is 11.3 Å². The summed E-state index contributed by atoms with van der Waals surface area (Å²) < 4.78 is 14.5. The molecule has 1 amide bonds. The van der Waals surface area contributed by atoms with E-state index in [9.17, 15) is 14.0 Å². The molecule has 0 saturated heterocycles. The van der Waals surface area contributed by atoms with Crippen LogP contribution in [0.25, 0.3) is 22.0 Å². The van der Waals surface area contributed by atoms with Gasteiger partial charge in [0.15, 0.2) is 0 Å². The first-order valence-corrected chi connectivity index (χ1v) is 9.72. The number of hydrogen-bond donors (Lipinski definition) is 1. The van der Waals surface area contributed by atoms with E-state index >= 15 is 0 Å². The predicted octanol–water partition coefficient (Wildman–Crippen LogP) is 3.64. The Morgan fingerprint density at radius 3 is 2.45 bits per heavy atom. The van der Waals surface area contributed by atoms with Crippen molar-refractivity contribution in [1.29, 1.82) is 0 Å². The lowest BCUT2D eigenvalue weighted by molar-refractivity contribution is -0.121. The topological polar surface area (TPSA) is 76.3 Å². The Morgan fingerprint density at radius 2 is 1.72 bits per heavy atom. The Morgan fingerprint density at radius 1 is 1.03 bits per heavy atom. The van der Waals surface area contributed by atoms with E-state index in [2.05, 4.69) is 15.6 Å². The lowest BCUT2D eigenvalue weighted by atomic mass is 9.99. The molecule has 1 heterocycles. The fraction of sp³-hybridized carbons (Fsp3) is 0.273. The van der Waals surface area contributed by atoms with Crippen molar-refractivity contribution in [2.24, 2.45) is 5.10 Å². The van der Waals surface area contributed by atoms with Crippen LogP contribution in [-0.4, -0.2) is 21.4 Å². The fourth-order valence-corrected chi connectivity index (χ4v) is 3.55. The van der Waals surface area contributed by atoms with E-state index in [0.717, 1.165) is 36.1 Å². The second-order valence-electron chi connectivity index (χ2n) is 7.14. The van der Waals surface area contributed by atoms with E-state index in [1.807, 2.05) is 6.07 Å². The molecule has 0 bridgehead atoms. The number of aromatic nitrogens is 2. The van der Waals surface area contributed by atoms with Crippen LogP contribution in [0.1, 0.15) is 32.1 Å². The maximum absolute atomic E-state index is 13.3. The molecule has 0 unspecified atom stereocenters. The van der Waals surface area contributed by atoms with E-state index in [1.54, 1.807) is 30.3 Å². The first-order chi connectivity index (χ1) is 14.1. The molecular formula is C22H21FN4O2. The Hall–Kier alpha value is -3.35. The van der Waals surface area contributed by atoms with Gasteiger partial charge in [0.25, 0.3) is 11.5 Å². The van der Waals surface area contributed by atoms with Crippen molar-refractivity contribution in [3.63, 3.8) is 0 Å². The molecule has 1 fully saturated rings. The zero-order chi connectivity index (χ0) is 20.2. The van der Waals surface area contributed by atoms with E-state index in [4.69, 9.17) is 0 Å². The van der Waals surface area contributed by atoms with Crippen LogP contribution in [0.5, 0.6) is 0 Å². The molecule has 0 atom stereocenters.